The van der Waals surface area contributed by atoms with Gasteiger partial charge in [-0.3, -0.25) is 4.79 Å². The van der Waals surface area contributed by atoms with E-state index in [1.54, 1.807) is 6.08 Å². The summed E-state index contributed by atoms with van der Waals surface area (Å²) in [7, 11) is 0. The number of para-hydroxylation sites is 1. The molecule has 0 spiro atoms. The molecule has 0 unspecified atom stereocenters. The Kier molecular flexibility index (Phi) is 12.6. The van der Waals surface area contributed by atoms with Crippen molar-refractivity contribution in [3.63, 3.8) is 0 Å². The first-order chi connectivity index (χ1) is 10.3. The van der Waals surface area contributed by atoms with E-state index in [4.69, 9.17) is 5.33 Å². The van der Waals surface area contributed by atoms with Gasteiger partial charge in [-0.05, 0) is 17.7 Å². The number of halogens is 1. The highest BCUT2D eigenvalue weighted by atomic mass is 127. The number of fused-ring (bicyclic) bond motifs is 1. The summed E-state index contributed by atoms with van der Waals surface area (Å²) < 4.78 is 11.2. The molecule has 2 nitrogen and oxygen atoms in total. The van der Waals surface area contributed by atoms with Crippen LogP contribution in [0.25, 0.3) is 5.57 Å². The van der Waals surface area contributed by atoms with Crippen molar-refractivity contribution in [3.05, 3.63) is 35.9 Å². The summed E-state index contributed by atoms with van der Waals surface area (Å²) in [5, 5.41) is 0. The van der Waals surface area contributed by atoms with E-state index < -0.39 is 0 Å². The Balaban J connectivity index is 0. The highest BCUT2D eigenvalue weighted by molar-refractivity contribution is 14.0. The molecule has 0 bridgehead atoms. The van der Waals surface area contributed by atoms with Crippen LogP contribution in [0.4, 0.5) is 0 Å². The molecule has 1 aromatic carbocycles. The fourth-order valence-electron chi connectivity index (χ4n) is 1.71. The van der Waals surface area contributed by atoms with Crippen molar-refractivity contribution in [2.45, 2.75) is 47.5 Å². The second-order valence-electron chi connectivity index (χ2n) is 3.58. The molecule has 1 aliphatic rings. The zero-order valence-electron chi connectivity index (χ0n) is 14.2. The smallest absolute Gasteiger partial charge is 0.155 e. The first-order valence-electron chi connectivity index (χ1n) is 7.64. The topological polar surface area (TPSA) is 26.3 Å². The molecular formula is C17H27IO2. The van der Waals surface area contributed by atoms with E-state index in [2.05, 4.69) is 0 Å². The van der Waals surface area contributed by atoms with E-state index >= 15 is 0 Å². The lowest BCUT2D eigenvalue weighted by molar-refractivity contribution is -0.114. The minimum absolute atomic E-state index is 0.182. The van der Waals surface area contributed by atoms with Crippen molar-refractivity contribution in [1.29, 1.82) is 0.594 Å². The Morgan fingerprint density at radius 2 is 1.90 bits per heavy atom. The van der Waals surface area contributed by atoms with Gasteiger partial charge < -0.3 is 4.74 Å². The molecule has 0 amide bonds. The molecule has 1 aromatic rings. The van der Waals surface area contributed by atoms with Gasteiger partial charge >= 0.3 is 0 Å². The Labute approximate surface area is 141 Å². The molecule has 0 saturated heterocycles. The van der Waals surface area contributed by atoms with Crippen LogP contribution >= 0.6 is 23.8 Å². The van der Waals surface area contributed by atoms with Crippen molar-refractivity contribution >= 4 is 35.1 Å². The van der Waals surface area contributed by atoms with Crippen molar-refractivity contribution in [1.82, 2.24) is 0 Å². The molecule has 114 valence electrons. The average Bonchev–Trinajstić information content (AvgIpc) is 2.60. The molecule has 0 saturated carbocycles. The molecule has 0 aromatic heterocycles. The number of carbonyl (C=O) groups is 1. The van der Waals surface area contributed by atoms with Gasteiger partial charge in [0.25, 0.3) is 0 Å². The zero-order chi connectivity index (χ0) is 16.7. The molecule has 0 N–H and O–H groups in total. The SMILES string of the molecule is CC.CC.CCC(=O)C=C1CCOc2ccccc21.[2H]I. The third kappa shape index (κ3) is 6.55. The number of hydrogen-bond acceptors (Lipinski definition) is 2. The summed E-state index contributed by atoms with van der Waals surface area (Å²) in [4.78, 5) is 11.4. The first-order valence-corrected chi connectivity index (χ1v) is 7.27. The summed E-state index contributed by atoms with van der Waals surface area (Å²) in [5.74, 6) is 1.07. The van der Waals surface area contributed by atoms with E-state index in [-0.39, 0.29) is 5.78 Å². The summed E-state index contributed by atoms with van der Waals surface area (Å²) in [5.41, 5.74) is 2.16. The van der Waals surface area contributed by atoms with Gasteiger partial charge in [-0.2, -0.15) is 0 Å². The maximum Gasteiger partial charge on any atom is 0.155 e. The van der Waals surface area contributed by atoms with Crippen LogP contribution in [0, 0.1) is 0 Å². The zero-order valence-corrected chi connectivity index (χ0v) is 15.4. The van der Waals surface area contributed by atoms with Crippen molar-refractivity contribution in [3.8, 4) is 5.75 Å². The number of ether oxygens (including phenoxy) is 1. The van der Waals surface area contributed by atoms with Crippen molar-refractivity contribution in [2.24, 2.45) is 0 Å². The lowest BCUT2D eigenvalue weighted by Crippen LogP contribution is -2.08. The summed E-state index contributed by atoms with van der Waals surface area (Å²) >= 11 is 1.40. The minimum Gasteiger partial charge on any atom is -0.493 e. The molecule has 1 aliphatic heterocycles. The summed E-state index contributed by atoms with van der Waals surface area (Å²) in [6, 6.07) is 7.86. The van der Waals surface area contributed by atoms with Gasteiger partial charge in [0.2, 0.25) is 0 Å². The molecule has 20 heavy (non-hydrogen) atoms. The maximum absolute atomic E-state index is 11.4. The molecule has 0 atom stereocenters. The molecule has 0 aliphatic carbocycles. The van der Waals surface area contributed by atoms with Crippen LogP contribution in [0.3, 0.4) is 0 Å². The van der Waals surface area contributed by atoms with Gasteiger partial charge in [0.15, 0.2) is 5.78 Å². The van der Waals surface area contributed by atoms with Crippen molar-refractivity contribution < 1.29 is 9.53 Å². The Hall–Kier alpha value is -0.840. The lowest BCUT2D eigenvalue weighted by atomic mass is 9.98. The molecule has 2 rings (SSSR count). The first kappa shape index (κ1) is 19.2. The molecule has 1 heterocycles. The van der Waals surface area contributed by atoms with Crippen molar-refractivity contribution in [2.75, 3.05) is 6.61 Å². The van der Waals surface area contributed by atoms with Crippen LogP contribution in [-0.2, 0) is 4.79 Å². The monoisotopic (exact) mass is 391 g/mol. The third-order valence-corrected chi connectivity index (χ3v) is 2.55. The van der Waals surface area contributed by atoms with E-state index in [0.29, 0.717) is 13.0 Å². The van der Waals surface area contributed by atoms with Crippen LogP contribution in [0.2, 0.25) is 0 Å². The van der Waals surface area contributed by atoms with Crippen LogP contribution < -0.4 is 4.74 Å². The predicted octanol–water partition coefficient (Wildman–Crippen LogP) is 5.50. The fourth-order valence-corrected chi connectivity index (χ4v) is 1.71. The fraction of sp³-hybridized carbons (Fsp3) is 0.471. The number of hydrogen-bond donors (Lipinski definition) is 0. The van der Waals surface area contributed by atoms with Gasteiger partial charge in [-0.25, -0.2) is 0 Å². The molecule has 0 radical (unpaired) electrons. The second-order valence-corrected chi connectivity index (χ2v) is 3.58. The Morgan fingerprint density at radius 3 is 2.50 bits per heavy atom. The largest absolute Gasteiger partial charge is 0.493 e. The molecule has 3 heteroatoms. The van der Waals surface area contributed by atoms with Crippen LogP contribution in [0.15, 0.2) is 30.3 Å². The number of carbonyl (C=O) groups excluding carboxylic acids is 1. The molecular weight excluding hydrogens is 363 g/mol. The number of benzene rings is 1. The predicted molar refractivity (Wildman–Crippen MR) is 97.9 cm³/mol. The summed E-state index contributed by atoms with van der Waals surface area (Å²) in [6.45, 7) is 10.5. The standard InChI is InChI=1S/C13H14O2.2C2H6.HI/c1-2-11(14)9-10-7-8-15-13-6-4-3-5-12(10)13;2*1-2;/h3-6,9H,2,7-8H2,1H3;2*1-2H3;1H/i/hD. The van der Waals surface area contributed by atoms with Crippen LogP contribution in [0.5, 0.6) is 5.75 Å². The number of allylic oxidation sites excluding steroid dienone is 1. The molecule has 0 fully saturated rings. The van der Waals surface area contributed by atoms with Gasteiger partial charge in [0.05, 0.1) is 6.61 Å². The highest BCUT2D eigenvalue weighted by Crippen LogP contribution is 2.32. The van der Waals surface area contributed by atoms with Gasteiger partial charge in [0, 0.05) is 18.4 Å². The van der Waals surface area contributed by atoms with E-state index in [9.17, 15) is 4.79 Å². The van der Waals surface area contributed by atoms with E-state index in [1.807, 2.05) is 58.9 Å². The normalized spacial score (nSPS) is 13.7. The Morgan fingerprint density at radius 1 is 1.30 bits per heavy atom. The number of ketones is 1. The number of rotatable bonds is 2. The van der Waals surface area contributed by atoms with Gasteiger partial charge in [-0.15, -0.1) is 23.8 Å². The van der Waals surface area contributed by atoms with Crippen LogP contribution in [-0.4, -0.2) is 13.0 Å². The minimum atomic E-state index is 0.182. The lowest BCUT2D eigenvalue weighted by Gasteiger charge is -2.19. The van der Waals surface area contributed by atoms with E-state index in [0.717, 1.165) is 23.3 Å². The summed E-state index contributed by atoms with van der Waals surface area (Å²) in [6.07, 6.45) is 3.14. The highest BCUT2D eigenvalue weighted by Gasteiger charge is 2.14. The van der Waals surface area contributed by atoms with Gasteiger partial charge in [0.1, 0.15) is 6.34 Å². The second kappa shape index (κ2) is 13.2. The van der Waals surface area contributed by atoms with Crippen LogP contribution in [0.1, 0.15) is 53.0 Å². The van der Waals surface area contributed by atoms with E-state index in [1.165, 1.54) is 23.8 Å². The third-order valence-electron chi connectivity index (χ3n) is 2.55. The Bertz CT molecular complexity index is 417. The average molecular weight is 391 g/mol. The quantitative estimate of drug-likeness (QED) is 0.491. The maximum atomic E-state index is 11.4. The van der Waals surface area contributed by atoms with Gasteiger partial charge in [-0.1, -0.05) is 52.8 Å².